The van der Waals surface area contributed by atoms with Gasteiger partial charge in [0.15, 0.2) is 0 Å². The van der Waals surface area contributed by atoms with Gasteiger partial charge in [-0.25, -0.2) is 8.42 Å². The van der Waals surface area contributed by atoms with Gasteiger partial charge in [0.05, 0.1) is 30.4 Å². The fourth-order valence-electron chi connectivity index (χ4n) is 1.13. The van der Waals surface area contributed by atoms with Crippen molar-refractivity contribution < 1.29 is 13.2 Å². The predicted molar refractivity (Wildman–Crippen MR) is 56.4 cm³/mol. The first-order valence-corrected chi connectivity index (χ1v) is 6.51. The molecule has 0 aliphatic heterocycles. The lowest BCUT2D eigenvalue weighted by molar-refractivity contribution is 0.302. The molecule has 0 radical (unpaired) electrons. The van der Waals surface area contributed by atoms with Gasteiger partial charge in [-0.15, -0.1) is 0 Å². The molecule has 0 amide bonds. The van der Waals surface area contributed by atoms with Gasteiger partial charge in [0.25, 0.3) is 0 Å². The van der Waals surface area contributed by atoms with Crippen LogP contribution in [0.15, 0.2) is 18.5 Å². The van der Waals surface area contributed by atoms with Crippen molar-refractivity contribution in [3.63, 3.8) is 0 Å². The summed E-state index contributed by atoms with van der Waals surface area (Å²) in [5, 5.41) is 0. The van der Waals surface area contributed by atoms with E-state index in [1.165, 1.54) is 6.20 Å². The van der Waals surface area contributed by atoms with E-state index in [1.54, 1.807) is 12.3 Å². The summed E-state index contributed by atoms with van der Waals surface area (Å²) in [6.07, 6.45) is 6.52. The second kappa shape index (κ2) is 3.69. The number of hydrogen-bond acceptors (Lipinski definition) is 4. The van der Waals surface area contributed by atoms with Crippen molar-refractivity contribution in [2.24, 2.45) is 0 Å². The van der Waals surface area contributed by atoms with Crippen LogP contribution in [0.1, 0.15) is 12.8 Å². The second-order valence-electron chi connectivity index (χ2n) is 3.60. The molecule has 0 unspecified atom stereocenters. The first kappa shape index (κ1) is 10.2. The van der Waals surface area contributed by atoms with Gasteiger partial charge in [-0.1, -0.05) is 0 Å². The Hall–Kier alpha value is -1.30. The molecule has 1 N–H and O–H groups in total. The molecular weight excluding hydrogens is 216 g/mol. The first-order chi connectivity index (χ1) is 7.03. The van der Waals surface area contributed by atoms with E-state index in [2.05, 4.69) is 9.71 Å². The number of sulfonamides is 1. The molecule has 0 atom stereocenters. The van der Waals surface area contributed by atoms with Gasteiger partial charge in [-0.05, 0) is 12.8 Å². The third kappa shape index (κ3) is 3.39. The minimum Gasteiger partial charge on any atom is -0.489 e. The molecule has 15 heavy (non-hydrogen) atoms. The number of anilines is 1. The summed E-state index contributed by atoms with van der Waals surface area (Å²) < 4.78 is 29.8. The molecule has 1 aliphatic carbocycles. The van der Waals surface area contributed by atoms with Crippen molar-refractivity contribution in [3.8, 4) is 5.75 Å². The van der Waals surface area contributed by atoms with Crippen LogP contribution in [0.3, 0.4) is 0 Å². The monoisotopic (exact) mass is 228 g/mol. The summed E-state index contributed by atoms with van der Waals surface area (Å²) in [5.41, 5.74) is 0.427. The Balaban J connectivity index is 2.10. The predicted octanol–water partition coefficient (Wildman–Crippen LogP) is 0.994. The molecule has 1 saturated carbocycles. The Morgan fingerprint density at radius 1 is 1.47 bits per heavy atom. The number of rotatable bonds is 4. The van der Waals surface area contributed by atoms with E-state index < -0.39 is 10.0 Å². The maximum Gasteiger partial charge on any atom is 0.229 e. The van der Waals surface area contributed by atoms with E-state index in [0.717, 1.165) is 19.1 Å². The van der Waals surface area contributed by atoms with Crippen LogP contribution < -0.4 is 9.46 Å². The van der Waals surface area contributed by atoms with Crippen LogP contribution >= 0.6 is 0 Å². The molecule has 1 aromatic heterocycles. The second-order valence-corrected chi connectivity index (χ2v) is 5.35. The van der Waals surface area contributed by atoms with Crippen LogP contribution in [0.2, 0.25) is 0 Å². The van der Waals surface area contributed by atoms with Crippen molar-refractivity contribution in [2.45, 2.75) is 18.9 Å². The van der Waals surface area contributed by atoms with Crippen LogP contribution in [0.4, 0.5) is 5.69 Å². The summed E-state index contributed by atoms with van der Waals surface area (Å²) in [7, 11) is -3.25. The Morgan fingerprint density at radius 2 is 2.20 bits per heavy atom. The highest BCUT2D eigenvalue weighted by molar-refractivity contribution is 7.92. The Kier molecular flexibility index (Phi) is 2.52. The molecule has 82 valence electrons. The number of hydrogen-bond donors (Lipinski definition) is 1. The van der Waals surface area contributed by atoms with Gasteiger partial charge >= 0.3 is 0 Å². The lowest BCUT2D eigenvalue weighted by Gasteiger charge is -2.06. The van der Waals surface area contributed by atoms with Crippen molar-refractivity contribution in [1.29, 1.82) is 0 Å². The van der Waals surface area contributed by atoms with Crippen LogP contribution in [0, 0.1) is 0 Å². The van der Waals surface area contributed by atoms with E-state index in [4.69, 9.17) is 4.74 Å². The lowest BCUT2D eigenvalue weighted by Crippen LogP contribution is -2.10. The molecule has 1 heterocycles. The molecule has 1 aromatic rings. The highest BCUT2D eigenvalue weighted by atomic mass is 32.2. The molecular formula is C9H12N2O3S. The van der Waals surface area contributed by atoms with E-state index in [0.29, 0.717) is 11.4 Å². The molecule has 0 bridgehead atoms. The molecule has 0 saturated heterocycles. The quantitative estimate of drug-likeness (QED) is 0.834. The minimum atomic E-state index is -3.25. The summed E-state index contributed by atoms with van der Waals surface area (Å²) in [6, 6.07) is 1.63. The summed E-state index contributed by atoms with van der Waals surface area (Å²) in [5.74, 6) is 0.603. The summed E-state index contributed by atoms with van der Waals surface area (Å²) >= 11 is 0. The Labute approximate surface area is 88.5 Å². The van der Waals surface area contributed by atoms with Crippen molar-refractivity contribution in [3.05, 3.63) is 18.5 Å². The zero-order chi connectivity index (χ0) is 10.9. The van der Waals surface area contributed by atoms with Crippen molar-refractivity contribution in [1.82, 2.24) is 4.98 Å². The Bertz CT molecular complexity index is 454. The number of nitrogens with one attached hydrogen (secondary N) is 1. The number of ether oxygens (including phenoxy) is 1. The van der Waals surface area contributed by atoms with Crippen LogP contribution in [-0.2, 0) is 10.0 Å². The minimum absolute atomic E-state index is 0.278. The molecule has 0 aromatic carbocycles. The molecule has 2 rings (SSSR count). The zero-order valence-corrected chi connectivity index (χ0v) is 9.12. The molecule has 1 aliphatic rings. The average molecular weight is 228 g/mol. The fraction of sp³-hybridized carbons (Fsp3) is 0.444. The highest BCUT2D eigenvalue weighted by Crippen LogP contribution is 2.27. The van der Waals surface area contributed by atoms with Gasteiger partial charge < -0.3 is 4.74 Å². The third-order valence-electron chi connectivity index (χ3n) is 1.84. The zero-order valence-electron chi connectivity index (χ0n) is 8.30. The average Bonchev–Trinajstić information content (AvgIpc) is 2.85. The molecule has 1 fully saturated rings. The lowest BCUT2D eigenvalue weighted by atomic mass is 10.4. The highest BCUT2D eigenvalue weighted by Gasteiger charge is 2.23. The van der Waals surface area contributed by atoms with Gasteiger partial charge in [0.1, 0.15) is 5.75 Å². The van der Waals surface area contributed by atoms with E-state index >= 15 is 0 Å². The number of pyridine rings is 1. The summed E-state index contributed by atoms with van der Waals surface area (Å²) in [6.45, 7) is 0. The number of aromatic nitrogens is 1. The third-order valence-corrected chi connectivity index (χ3v) is 2.45. The van der Waals surface area contributed by atoms with Crippen molar-refractivity contribution >= 4 is 15.7 Å². The van der Waals surface area contributed by atoms with Gasteiger partial charge in [0.2, 0.25) is 10.0 Å². The van der Waals surface area contributed by atoms with Gasteiger partial charge in [-0.2, -0.15) is 0 Å². The normalized spacial score (nSPS) is 16.1. The van der Waals surface area contributed by atoms with Crippen LogP contribution in [0.5, 0.6) is 5.75 Å². The Morgan fingerprint density at radius 3 is 2.80 bits per heavy atom. The molecule has 6 heteroatoms. The number of nitrogens with zero attached hydrogens (tertiary/aromatic N) is 1. The topological polar surface area (TPSA) is 68.3 Å². The van der Waals surface area contributed by atoms with Crippen molar-refractivity contribution in [2.75, 3.05) is 11.0 Å². The van der Waals surface area contributed by atoms with E-state index in [9.17, 15) is 8.42 Å². The standard InChI is InChI=1S/C9H12N2O3S/c1-15(12,13)11-7-4-9(6-10-5-7)14-8-2-3-8/h4-6,8,11H,2-3H2,1H3. The fourth-order valence-corrected chi connectivity index (χ4v) is 1.67. The largest absolute Gasteiger partial charge is 0.489 e. The molecule has 0 spiro atoms. The van der Waals surface area contributed by atoms with E-state index in [1.807, 2.05) is 0 Å². The molecule has 5 nitrogen and oxygen atoms in total. The maximum absolute atomic E-state index is 11.0. The van der Waals surface area contributed by atoms with Crippen LogP contribution in [0.25, 0.3) is 0 Å². The van der Waals surface area contributed by atoms with Gasteiger partial charge in [0, 0.05) is 6.07 Å². The first-order valence-electron chi connectivity index (χ1n) is 4.62. The smallest absolute Gasteiger partial charge is 0.229 e. The SMILES string of the molecule is CS(=O)(=O)Nc1cncc(OC2CC2)c1. The maximum atomic E-state index is 11.0. The van der Waals surface area contributed by atoms with E-state index in [-0.39, 0.29) is 6.10 Å². The van der Waals surface area contributed by atoms with Gasteiger partial charge in [-0.3, -0.25) is 9.71 Å². The van der Waals surface area contributed by atoms with Crippen LogP contribution in [-0.4, -0.2) is 25.8 Å². The summed E-state index contributed by atoms with van der Waals surface area (Å²) in [4.78, 5) is 3.90.